The van der Waals surface area contributed by atoms with Gasteiger partial charge in [0, 0.05) is 52.7 Å². The van der Waals surface area contributed by atoms with E-state index in [9.17, 15) is 9.90 Å². The minimum absolute atomic E-state index is 0.182. The summed E-state index contributed by atoms with van der Waals surface area (Å²) in [4.78, 5) is 20.1. The fraction of sp³-hybridized carbons (Fsp3) is 0.500. The number of benzene rings is 3. The molecule has 58 heavy (non-hydrogen) atoms. The molecule has 3 aromatic carbocycles. The van der Waals surface area contributed by atoms with Crippen LogP contribution in [0.1, 0.15) is 92.7 Å². The van der Waals surface area contributed by atoms with Gasteiger partial charge in [0.05, 0.1) is 26.9 Å². The molecule has 1 aliphatic heterocycles. The number of rotatable bonds is 13. The molecule has 9 nitrogen and oxygen atoms in total. The van der Waals surface area contributed by atoms with E-state index in [1.54, 1.807) is 7.11 Å². The summed E-state index contributed by atoms with van der Waals surface area (Å²) in [5, 5.41) is 14.8. The maximum atomic E-state index is 13.1. The van der Waals surface area contributed by atoms with Gasteiger partial charge in [-0.1, -0.05) is 49.7 Å². The summed E-state index contributed by atoms with van der Waals surface area (Å²) >= 11 is 6.33. The van der Waals surface area contributed by atoms with Crippen molar-refractivity contribution in [3.63, 3.8) is 0 Å². The van der Waals surface area contributed by atoms with Gasteiger partial charge in [-0.3, -0.25) is 4.98 Å². The average molecular weight is 808 g/mol. The second kappa shape index (κ2) is 17.0. The van der Waals surface area contributed by atoms with Gasteiger partial charge in [-0.15, -0.1) is 0 Å². The summed E-state index contributed by atoms with van der Waals surface area (Å²) in [5.74, 6) is 3.86. The normalized spacial score (nSPS) is 25.4. The van der Waals surface area contributed by atoms with Gasteiger partial charge in [0.15, 0.2) is 11.5 Å². The van der Waals surface area contributed by atoms with Crippen LogP contribution < -0.4 is 24.3 Å². The summed E-state index contributed by atoms with van der Waals surface area (Å²) in [6, 6.07) is 22.0. The lowest BCUT2D eigenvalue weighted by molar-refractivity contribution is -0.144. The molecule has 0 radical (unpaired) electrons. The van der Waals surface area contributed by atoms with Gasteiger partial charge in [0.1, 0.15) is 17.0 Å². The number of anilines is 1. The highest BCUT2D eigenvalue weighted by atomic mass is 35.5. The van der Waals surface area contributed by atoms with Crippen LogP contribution in [0.25, 0.3) is 0 Å². The van der Waals surface area contributed by atoms with E-state index in [-0.39, 0.29) is 17.3 Å². The van der Waals surface area contributed by atoms with Crippen molar-refractivity contribution >= 4 is 23.3 Å². The first-order valence-electron chi connectivity index (χ1n) is 21.2. The number of fused-ring (bicyclic) bond motifs is 4. The van der Waals surface area contributed by atoms with E-state index >= 15 is 0 Å². The number of para-hydroxylation sites is 1. The van der Waals surface area contributed by atoms with Crippen molar-refractivity contribution in [2.45, 2.75) is 95.1 Å². The number of carboxylic acid groups (broad SMARTS) is 1. The zero-order valence-electron chi connectivity index (χ0n) is 34.4. The molecule has 4 aliphatic rings. The zero-order valence-corrected chi connectivity index (χ0v) is 35.2. The molecule has 1 aromatic heterocycles. The zero-order chi connectivity index (χ0) is 40.4. The molecule has 4 atom stereocenters. The summed E-state index contributed by atoms with van der Waals surface area (Å²) in [6.07, 6.45) is 9.58. The molecular weight excluding hydrogens is 750 g/mol. The first kappa shape index (κ1) is 40.3. The largest absolute Gasteiger partial charge is 0.496 e. The van der Waals surface area contributed by atoms with Crippen LogP contribution in [0.15, 0.2) is 72.9 Å². The standard InChI is InChI=1S/C48H58ClN3O6/c1-31(28-56-42-15-20-50-40-13-7-9-32(2)45(40)42)21-36-22-35-23-43-44(58-30-33(29-57-43)26-52(3)27-34-10-5-6-14-41(34)55-4)25-39(35)47(36)16-18-48(19-17-47,46(53)54)51-38-12-8-11-37(49)24-38/h5-6,8,10-12,14-15,20,23-25,31-33,36,51H,7,9,13,16-19,21-22,26-30H2,1-4H3,(H,53,54)/t31-,32-,33?,36+,47?,48?/m1/s1. The molecule has 2 heterocycles. The lowest BCUT2D eigenvalue weighted by atomic mass is 9.59. The Morgan fingerprint density at radius 3 is 2.57 bits per heavy atom. The van der Waals surface area contributed by atoms with Gasteiger partial charge in [0.25, 0.3) is 0 Å². The Labute approximate surface area is 348 Å². The number of aromatic nitrogens is 1. The van der Waals surface area contributed by atoms with E-state index in [0.29, 0.717) is 49.5 Å². The van der Waals surface area contributed by atoms with Crippen LogP contribution in [0.4, 0.5) is 5.69 Å². The number of nitrogens with zero attached hydrogens (tertiary/aromatic N) is 2. The van der Waals surface area contributed by atoms with Gasteiger partial charge >= 0.3 is 5.97 Å². The van der Waals surface area contributed by atoms with Gasteiger partial charge < -0.3 is 34.3 Å². The predicted molar refractivity (Wildman–Crippen MR) is 228 cm³/mol. The molecule has 10 heteroatoms. The summed E-state index contributed by atoms with van der Waals surface area (Å²) in [7, 11) is 3.84. The molecule has 2 N–H and O–H groups in total. The second-order valence-electron chi connectivity index (χ2n) is 17.6. The number of halogens is 1. The molecule has 8 rings (SSSR count). The highest BCUT2D eigenvalue weighted by Gasteiger charge is 2.54. The van der Waals surface area contributed by atoms with E-state index in [0.717, 1.165) is 85.9 Å². The number of carboxylic acids is 1. The number of hydrogen-bond acceptors (Lipinski definition) is 8. The highest BCUT2D eigenvalue weighted by molar-refractivity contribution is 6.30. The molecule has 308 valence electrons. The average Bonchev–Trinajstić information content (AvgIpc) is 3.34. The molecule has 1 fully saturated rings. The molecule has 1 unspecified atom stereocenters. The maximum Gasteiger partial charge on any atom is 0.329 e. The molecular formula is C48H58ClN3O6. The lowest BCUT2D eigenvalue weighted by Gasteiger charge is -2.47. The fourth-order valence-electron chi connectivity index (χ4n) is 10.5. The van der Waals surface area contributed by atoms with Crippen LogP contribution in [0.3, 0.4) is 0 Å². The maximum absolute atomic E-state index is 13.1. The Bertz CT molecular complexity index is 2100. The Morgan fingerprint density at radius 2 is 1.81 bits per heavy atom. The number of ether oxygens (including phenoxy) is 4. The van der Waals surface area contributed by atoms with E-state index in [4.69, 9.17) is 35.5 Å². The monoisotopic (exact) mass is 807 g/mol. The van der Waals surface area contributed by atoms with Crippen molar-refractivity contribution in [2.24, 2.45) is 17.8 Å². The van der Waals surface area contributed by atoms with E-state index in [2.05, 4.69) is 49.3 Å². The second-order valence-corrected chi connectivity index (χ2v) is 18.1. The number of pyridine rings is 1. The molecule has 1 saturated carbocycles. The first-order chi connectivity index (χ1) is 28.1. The molecule has 0 amide bonds. The lowest BCUT2D eigenvalue weighted by Crippen LogP contribution is -2.53. The van der Waals surface area contributed by atoms with Gasteiger partial charge in [-0.2, -0.15) is 0 Å². The topological polar surface area (TPSA) is 102 Å². The van der Waals surface area contributed by atoms with Crippen molar-refractivity contribution in [3.05, 3.63) is 106 Å². The van der Waals surface area contributed by atoms with Crippen molar-refractivity contribution in [3.8, 4) is 23.0 Å². The first-order valence-corrected chi connectivity index (χ1v) is 21.5. The minimum Gasteiger partial charge on any atom is -0.496 e. The van der Waals surface area contributed by atoms with Crippen molar-refractivity contribution < 1.29 is 28.8 Å². The van der Waals surface area contributed by atoms with Crippen LogP contribution >= 0.6 is 11.6 Å². The third-order valence-corrected chi connectivity index (χ3v) is 13.7. The minimum atomic E-state index is -1.09. The van der Waals surface area contributed by atoms with Gasteiger partial charge in [-0.25, -0.2) is 4.79 Å². The Balaban J connectivity index is 1.02. The molecule has 3 aliphatic carbocycles. The van der Waals surface area contributed by atoms with Gasteiger partial charge in [0.2, 0.25) is 0 Å². The fourth-order valence-corrected chi connectivity index (χ4v) is 10.7. The van der Waals surface area contributed by atoms with Crippen molar-refractivity contribution in [1.29, 1.82) is 0 Å². The van der Waals surface area contributed by atoms with Crippen LogP contribution in [-0.4, -0.2) is 67.0 Å². The van der Waals surface area contributed by atoms with Crippen LogP contribution in [0.5, 0.6) is 23.0 Å². The summed E-state index contributed by atoms with van der Waals surface area (Å²) in [5.41, 5.74) is 5.61. The van der Waals surface area contributed by atoms with Crippen LogP contribution in [-0.2, 0) is 29.6 Å². The molecule has 0 bridgehead atoms. The van der Waals surface area contributed by atoms with Crippen LogP contribution in [0.2, 0.25) is 5.02 Å². The number of carbonyl (C=O) groups is 1. The summed E-state index contributed by atoms with van der Waals surface area (Å²) < 4.78 is 25.4. The Kier molecular flexibility index (Phi) is 11.8. The molecule has 1 spiro atoms. The number of methoxy groups -OCH3 is 1. The number of aryl methyl sites for hydroxylation is 1. The van der Waals surface area contributed by atoms with Crippen molar-refractivity contribution in [2.75, 3.05) is 45.8 Å². The van der Waals surface area contributed by atoms with Crippen LogP contribution in [0, 0.1) is 17.8 Å². The van der Waals surface area contributed by atoms with Gasteiger partial charge in [-0.05, 0) is 142 Å². The highest BCUT2D eigenvalue weighted by Crippen LogP contribution is 2.58. The number of hydrogen-bond donors (Lipinski definition) is 2. The Hall–Kier alpha value is -4.47. The Morgan fingerprint density at radius 1 is 1.03 bits per heavy atom. The smallest absolute Gasteiger partial charge is 0.329 e. The SMILES string of the molecule is COc1ccccc1CN(C)CC1COc2cc3c(cc2OC1)C1(CCC(Nc2cccc(Cl)c2)(C(=O)O)CC1)[C@@H](C[C@@H](C)COc1ccnc2c1[C@H](C)CCC2)C3. The van der Waals surface area contributed by atoms with E-state index in [1.807, 2.05) is 54.7 Å². The number of nitrogens with one attached hydrogen (secondary N) is 1. The molecule has 4 aromatic rings. The molecule has 0 saturated heterocycles. The number of aliphatic carboxylic acids is 1. The van der Waals surface area contributed by atoms with E-state index < -0.39 is 11.5 Å². The van der Waals surface area contributed by atoms with Crippen molar-refractivity contribution in [1.82, 2.24) is 9.88 Å². The third-order valence-electron chi connectivity index (χ3n) is 13.5. The third kappa shape index (κ3) is 8.22. The summed E-state index contributed by atoms with van der Waals surface area (Å²) in [6.45, 7) is 7.91. The predicted octanol–water partition coefficient (Wildman–Crippen LogP) is 9.73. The quantitative estimate of drug-likeness (QED) is 0.137. The van der Waals surface area contributed by atoms with E-state index in [1.165, 1.54) is 28.8 Å².